The number of amides is 1. The van der Waals surface area contributed by atoms with Crippen molar-refractivity contribution in [1.29, 1.82) is 0 Å². The quantitative estimate of drug-likeness (QED) is 0.636. The standard InChI is InChI=1S/C23H25NO6/c1-3-28-22(26)16-12-17(23(27)29-4-2)14-19(13-16)30-20(15-8-6-5-7-9-15)21(25)24-18-10-11-18/h5-9,12-14,18,20H,3-4,10-11H2,1-2H3,(H,24,25)/t20-/m0/s1. The fraction of sp³-hybridized carbons (Fsp3) is 0.348. The van der Waals surface area contributed by atoms with Gasteiger partial charge >= 0.3 is 11.9 Å². The SMILES string of the molecule is CCOC(=O)c1cc(O[C@H](C(=O)NC2CC2)c2ccccc2)cc(C(=O)OCC)c1. The van der Waals surface area contributed by atoms with Crippen molar-refractivity contribution in [1.82, 2.24) is 5.32 Å². The molecule has 1 aliphatic carbocycles. The summed E-state index contributed by atoms with van der Waals surface area (Å²) < 4.78 is 16.1. The first-order valence-corrected chi connectivity index (χ1v) is 10.0. The van der Waals surface area contributed by atoms with E-state index in [0.717, 1.165) is 12.8 Å². The summed E-state index contributed by atoms with van der Waals surface area (Å²) in [6, 6.07) is 13.5. The summed E-state index contributed by atoms with van der Waals surface area (Å²) in [5.74, 6) is -1.26. The molecule has 158 valence electrons. The van der Waals surface area contributed by atoms with E-state index in [1.165, 1.54) is 18.2 Å². The molecule has 30 heavy (non-hydrogen) atoms. The van der Waals surface area contributed by atoms with Gasteiger partial charge in [0.15, 0.2) is 0 Å². The number of hydrogen-bond donors (Lipinski definition) is 1. The van der Waals surface area contributed by atoms with E-state index < -0.39 is 18.0 Å². The fourth-order valence-corrected chi connectivity index (χ4v) is 2.87. The number of hydrogen-bond acceptors (Lipinski definition) is 6. The molecule has 0 heterocycles. The van der Waals surface area contributed by atoms with Gasteiger partial charge in [-0.3, -0.25) is 4.79 Å². The first-order valence-electron chi connectivity index (χ1n) is 10.0. The van der Waals surface area contributed by atoms with Crippen molar-refractivity contribution in [2.24, 2.45) is 0 Å². The normalized spacial score (nSPS) is 13.8. The molecule has 0 aliphatic heterocycles. The number of carbonyl (C=O) groups is 3. The Kier molecular flexibility index (Phi) is 7.06. The van der Waals surface area contributed by atoms with Crippen molar-refractivity contribution >= 4 is 17.8 Å². The number of ether oxygens (including phenoxy) is 3. The zero-order valence-corrected chi connectivity index (χ0v) is 17.1. The van der Waals surface area contributed by atoms with Crippen LogP contribution in [0.2, 0.25) is 0 Å². The third-order valence-electron chi connectivity index (χ3n) is 4.45. The maximum absolute atomic E-state index is 12.8. The van der Waals surface area contributed by atoms with Gasteiger partial charge in [0, 0.05) is 11.6 Å². The second-order valence-corrected chi connectivity index (χ2v) is 6.88. The molecule has 1 fully saturated rings. The van der Waals surface area contributed by atoms with Crippen molar-refractivity contribution in [2.45, 2.75) is 38.8 Å². The first-order chi connectivity index (χ1) is 14.5. The first kappa shape index (κ1) is 21.4. The highest BCUT2D eigenvalue weighted by Gasteiger charge is 2.30. The molecular formula is C23H25NO6. The minimum absolute atomic E-state index is 0.145. The molecular weight excluding hydrogens is 386 g/mol. The van der Waals surface area contributed by atoms with Gasteiger partial charge in [0.25, 0.3) is 5.91 Å². The monoisotopic (exact) mass is 411 g/mol. The summed E-state index contributed by atoms with van der Waals surface area (Å²) in [5, 5.41) is 2.94. The molecule has 2 aromatic rings. The van der Waals surface area contributed by atoms with E-state index in [0.29, 0.717) is 5.56 Å². The fourth-order valence-electron chi connectivity index (χ4n) is 2.87. The molecule has 7 heteroatoms. The van der Waals surface area contributed by atoms with Crippen LogP contribution < -0.4 is 10.1 Å². The third kappa shape index (κ3) is 5.59. The molecule has 1 N–H and O–H groups in total. The van der Waals surface area contributed by atoms with E-state index in [2.05, 4.69) is 5.32 Å². The Morgan fingerprint density at radius 3 is 2.00 bits per heavy atom. The van der Waals surface area contributed by atoms with E-state index in [1.54, 1.807) is 26.0 Å². The summed E-state index contributed by atoms with van der Waals surface area (Å²) in [7, 11) is 0. The van der Waals surface area contributed by atoms with Crippen molar-refractivity contribution in [3.8, 4) is 5.75 Å². The van der Waals surface area contributed by atoms with Gasteiger partial charge in [-0.25, -0.2) is 9.59 Å². The van der Waals surface area contributed by atoms with Crippen LogP contribution in [0.15, 0.2) is 48.5 Å². The molecule has 7 nitrogen and oxygen atoms in total. The van der Waals surface area contributed by atoms with Gasteiger partial charge in [-0.2, -0.15) is 0 Å². The molecule has 0 saturated heterocycles. The molecule has 1 saturated carbocycles. The molecule has 1 aliphatic rings. The molecule has 2 aromatic carbocycles. The van der Waals surface area contributed by atoms with E-state index in [4.69, 9.17) is 14.2 Å². The Labute approximate surface area is 175 Å². The van der Waals surface area contributed by atoms with Gasteiger partial charge in [-0.05, 0) is 44.9 Å². The van der Waals surface area contributed by atoms with Crippen molar-refractivity contribution in [3.05, 3.63) is 65.2 Å². The maximum Gasteiger partial charge on any atom is 0.338 e. The van der Waals surface area contributed by atoms with Crippen LogP contribution in [-0.4, -0.2) is 37.1 Å². The molecule has 1 amide bonds. The maximum atomic E-state index is 12.8. The van der Waals surface area contributed by atoms with Crippen LogP contribution in [0.3, 0.4) is 0 Å². The lowest BCUT2D eigenvalue weighted by Gasteiger charge is -2.20. The largest absolute Gasteiger partial charge is 0.476 e. The summed E-state index contributed by atoms with van der Waals surface area (Å²) >= 11 is 0. The van der Waals surface area contributed by atoms with Crippen LogP contribution in [0.5, 0.6) is 5.75 Å². The number of rotatable bonds is 9. The minimum atomic E-state index is -0.931. The molecule has 0 spiro atoms. The average molecular weight is 411 g/mol. The lowest BCUT2D eigenvalue weighted by molar-refractivity contribution is -0.128. The van der Waals surface area contributed by atoms with Crippen LogP contribution in [0.4, 0.5) is 0 Å². The smallest absolute Gasteiger partial charge is 0.338 e. The van der Waals surface area contributed by atoms with E-state index in [-0.39, 0.29) is 42.0 Å². The summed E-state index contributed by atoms with van der Waals surface area (Å²) in [6.45, 7) is 3.76. The predicted molar refractivity (Wildman–Crippen MR) is 109 cm³/mol. The number of esters is 2. The number of carbonyl (C=O) groups excluding carboxylic acids is 3. The van der Waals surface area contributed by atoms with Gasteiger partial charge in [-0.15, -0.1) is 0 Å². The highest BCUT2D eigenvalue weighted by molar-refractivity contribution is 5.96. The van der Waals surface area contributed by atoms with Gasteiger partial charge in [-0.1, -0.05) is 30.3 Å². The molecule has 0 radical (unpaired) electrons. The highest BCUT2D eigenvalue weighted by atomic mass is 16.5. The molecule has 0 unspecified atom stereocenters. The van der Waals surface area contributed by atoms with Crippen LogP contribution >= 0.6 is 0 Å². The second-order valence-electron chi connectivity index (χ2n) is 6.88. The highest BCUT2D eigenvalue weighted by Crippen LogP contribution is 2.27. The Hall–Kier alpha value is -3.35. The van der Waals surface area contributed by atoms with Crippen LogP contribution in [0.25, 0.3) is 0 Å². The molecule has 1 atom stereocenters. The minimum Gasteiger partial charge on any atom is -0.476 e. The second kappa shape index (κ2) is 9.91. The molecule has 3 rings (SSSR count). The number of nitrogens with one attached hydrogen (secondary N) is 1. The van der Waals surface area contributed by atoms with Gasteiger partial charge < -0.3 is 19.5 Å². The van der Waals surface area contributed by atoms with Crippen molar-refractivity contribution < 1.29 is 28.6 Å². The average Bonchev–Trinajstić information content (AvgIpc) is 3.56. The Balaban J connectivity index is 1.94. The van der Waals surface area contributed by atoms with Crippen molar-refractivity contribution in [2.75, 3.05) is 13.2 Å². The van der Waals surface area contributed by atoms with E-state index >= 15 is 0 Å². The van der Waals surface area contributed by atoms with Gasteiger partial charge in [0.1, 0.15) is 5.75 Å². The third-order valence-corrected chi connectivity index (χ3v) is 4.45. The van der Waals surface area contributed by atoms with Crippen LogP contribution in [-0.2, 0) is 14.3 Å². The zero-order chi connectivity index (χ0) is 21.5. The summed E-state index contributed by atoms with van der Waals surface area (Å²) in [5.41, 5.74) is 0.952. The number of benzene rings is 2. The van der Waals surface area contributed by atoms with Crippen molar-refractivity contribution in [3.63, 3.8) is 0 Å². The van der Waals surface area contributed by atoms with Gasteiger partial charge in [0.05, 0.1) is 24.3 Å². The lowest BCUT2D eigenvalue weighted by Crippen LogP contribution is -2.34. The predicted octanol–water partition coefficient (Wildman–Crippen LogP) is 3.44. The summed E-state index contributed by atoms with van der Waals surface area (Å²) in [6.07, 6.45) is 0.955. The topological polar surface area (TPSA) is 90.9 Å². The zero-order valence-electron chi connectivity index (χ0n) is 17.1. The van der Waals surface area contributed by atoms with E-state index in [9.17, 15) is 14.4 Å². The Morgan fingerprint density at radius 1 is 0.933 bits per heavy atom. The summed E-state index contributed by atoms with van der Waals surface area (Å²) in [4.78, 5) is 37.3. The molecule has 0 aromatic heterocycles. The Morgan fingerprint density at radius 2 is 1.50 bits per heavy atom. The Bertz CT molecular complexity index is 871. The van der Waals surface area contributed by atoms with Gasteiger partial charge in [0.2, 0.25) is 6.10 Å². The van der Waals surface area contributed by atoms with E-state index in [1.807, 2.05) is 18.2 Å². The lowest BCUT2D eigenvalue weighted by atomic mass is 10.1. The molecule has 0 bridgehead atoms. The van der Waals surface area contributed by atoms with Crippen LogP contribution in [0.1, 0.15) is 59.1 Å². The van der Waals surface area contributed by atoms with Crippen LogP contribution in [0, 0.1) is 0 Å².